The molecule has 0 saturated heterocycles. The topological polar surface area (TPSA) is 69.6 Å². The molecule has 5 nitrogen and oxygen atoms in total. The van der Waals surface area contributed by atoms with E-state index in [0.717, 1.165) is 5.56 Å². The lowest BCUT2D eigenvalue weighted by Crippen LogP contribution is -2.00. The van der Waals surface area contributed by atoms with Crippen LogP contribution in [0.4, 0.5) is 5.82 Å². The standard InChI is InChI=1S/C8H9N5/c9-8-2-1-7(3-11-8)4-13-6-10-5-12-13/h1-3,5-6H,4H2,(H2,9,11). The first-order chi connectivity index (χ1) is 6.34. The number of nitrogens with zero attached hydrogens (tertiary/aromatic N) is 4. The first-order valence-electron chi connectivity index (χ1n) is 3.87. The maximum atomic E-state index is 5.45. The van der Waals surface area contributed by atoms with E-state index in [1.54, 1.807) is 23.3 Å². The van der Waals surface area contributed by atoms with E-state index in [4.69, 9.17) is 5.73 Å². The predicted molar refractivity (Wildman–Crippen MR) is 47.8 cm³/mol. The first kappa shape index (κ1) is 7.72. The Morgan fingerprint density at radius 2 is 2.31 bits per heavy atom. The van der Waals surface area contributed by atoms with Crippen LogP contribution in [0.5, 0.6) is 0 Å². The van der Waals surface area contributed by atoms with Crippen LogP contribution in [-0.4, -0.2) is 19.7 Å². The maximum Gasteiger partial charge on any atom is 0.137 e. The fourth-order valence-corrected chi connectivity index (χ4v) is 1.03. The molecule has 2 aromatic heterocycles. The molecule has 2 rings (SSSR count). The largest absolute Gasteiger partial charge is 0.384 e. The monoisotopic (exact) mass is 175 g/mol. The molecule has 0 aliphatic carbocycles. The van der Waals surface area contributed by atoms with E-state index in [-0.39, 0.29) is 0 Å². The zero-order valence-corrected chi connectivity index (χ0v) is 6.96. The van der Waals surface area contributed by atoms with Crippen molar-refractivity contribution in [2.24, 2.45) is 0 Å². The Morgan fingerprint density at radius 3 is 2.92 bits per heavy atom. The fraction of sp³-hybridized carbons (Fsp3) is 0.125. The summed E-state index contributed by atoms with van der Waals surface area (Å²) in [6.45, 7) is 0.674. The van der Waals surface area contributed by atoms with Gasteiger partial charge in [0.15, 0.2) is 0 Å². The van der Waals surface area contributed by atoms with Crippen LogP contribution in [0.1, 0.15) is 5.56 Å². The zero-order chi connectivity index (χ0) is 9.10. The van der Waals surface area contributed by atoms with Crippen molar-refractivity contribution in [3.05, 3.63) is 36.5 Å². The van der Waals surface area contributed by atoms with E-state index in [0.29, 0.717) is 12.4 Å². The van der Waals surface area contributed by atoms with Crippen LogP contribution in [0.25, 0.3) is 0 Å². The van der Waals surface area contributed by atoms with Crippen molar-refractivity contribution >= 4 is 5.82 Å². The normalized spacial score (nSPS) is 10.2. The summed E-state index contributed by atoms with van der Waals surface area (Å²) < 4.78 is 1.73. The average Bonchev–Trinajstić information content (AvgIpc) is 2.62. The fourth-order valence-electron chi connectivity index (χ4n) is 1.03. The molecule has 0 saturated carbocycles. The van der Waals surface area contributed by atoms with Gasteiger partial charge in [-0.25, -0.2) is 14.6 Å². The van der Waals surface area contributed by atoms with Crippen molar-refractivity contribution in [2.45, 2.75) is 6.54 Å². The van der Waals surface area contributed by atoms with Gasteiger partial charge in [-0.2, -0.15) is 5.10 Å². The van der Waals surface area contributed by atoms with Crippen molar-refractivity contribution in [1.29, 1.82) is 0 Å². The molecule has 0 amide bonds. The van der Waals surface area contributed by atoms with Gasteiger partial charge in [-0.05, 0) is 11.6 Å². The van der Waals surface area contributed by atoms with Gasteiger partial charge >= 0.3 is 0 Å². The molecule has 0 spiro atoms. The molecule has 0 bridgehead atoms. The van der Waals surface area contributed by atoms with Gasteiger partial charge in [0.1, 0.15) is 18.5 Å². The van der Waals surface area contributed by atoms with Crippen LogP contribution < -0.4 is 5.73 Å². The highest BCUT2D eigenvalue weighted by Gasteiger charge is 1.95. The third kappa shape index (κ3) is 1.81. The van der Waals surface area contributed by atoms with Crippen LogP contribution in [-0.2, 0) is 6.54 Å². The molecule has 2 N–H and O–H groups in total. The second kappa shape index (κ2) is 3.22. The maximum absolute atomic E-state index is 5.45. The molecule has 0 aliphatic rings. The summed E-state index contributed by atoms with van der Waals surface area (Å²) in [4.78, 5) is 7.82. The molecule has 2 heterocycles. The van der Waals surface area contributed by atoms with Gasteiger partial charge < -0.3 is 5.73 Å². The third-order valence-electron chi connectivity index (χ3n) is 1.66. The molecule has 0 unspecified atom stereocenters. The number of aromatic nitrogens is 4. The van der Waals surface area contributed by atoms with Crippen molar-refractivity contribution < 1.29 is 0 Å². The minimum Gasteiger partial charge on any atom is -0.384 e. The summed E-state index contributed by atoms with van der Waals surface area (Å²) in [6.07, 6.45) is 4.90. The summed E-state index contributed by atoms with van der Waals surface area (Å²) in [5.74, 6) is 0.530. The number of hydrogen-bond donors (Lipinski definition) is 1. The number of pyridine rings is 1. The molecule has 0 radical (unpaired) electrons. The van der Waals surface area contributed by atoms with Gasteiger partial charge in [0.2, 0.25) is 0 Å². The molecule has 66 valence electrons. The lowest BCUT2D eigenvalue weighted by atomic mass is 10.3. The van der Waals surface area contributed by atoms with Crippen molar-refractivity contribution in [3.63, 3.8) is 0 Å². The van der Waals surface area contributed by atoms with Crippen LogP contribution in [0.2, 0.25) is 0 Å². The Labute approximate surface area is 75.2 Å². The van der Waals surface area contributed by atoms with Crippen LogP contribution in [0.15, 0.2) is 31.0 Å². The molecule has 0 atom stereocenters. The number of anilines is 1. The minimum atomic E-state index is 0.530. The lowest BCUT2D eigenvalue weighted by Gasteiger charge is -1.99. The van der Waals surface area contributed by atoms with Crippen LogP contribution >= 0.6 is 0 Å². The highest BCUT2D eigenvalue weighted by atomic mass is 15.3. The Bertz CT molecular complexity index is 364. The Kier molecular flexibility index (Phi) is 1.91. The number of hydrogen-bond acceptors (Lipinski definition) is 4. The highest BCUT2D eigenvalue weighted by Crippen LogP contribution is 2.02. The molecular weight excluding hydrogens is 166 g/mol. The first-order valence-corrected chi connectivity index (χ1v) is 3.87. The Balaban J connectivity index is 2.15. The van der Waals surface area contributed by atoms with E-state index < -0.39 is 0 Å². The molecule has 0 aromatic carbocycles. The summed E-state index contributed by atoms with van der Waals surface area (Å²) >= 11 is 0. The van der Waals surface area contributed by atoms with Gasteiger partial charge in [-0.1, -0.05) is 6.07 Å². The zero-order valence-electron chi connectivity index (χ0n) is 6.96. The van der Waals surface area contributed by atoms with Crippen LogP contribution in [0.3, 0.4) is 0 Å². The average molecular weight is 175 g/mol. The van der Waals surface area contributed by atoms with Crippen LogP contribution in [0, 0.1) is 0 Å². The van der Waals surface area contributed by atoms with Crippen molar-refractivity contribution in [1.82, 2.24) is 19.7 Å². The molecule has 0 fully saturated rings. The van der Waals surface area contributed by atoms with E-state index in [1.807, 2.05) is 6.07 Å². The second-order valence-corrected chi connectivity index (χ2v) is 2.68. The smallest absolute Gasteiger partial charge is 0.137 e. The Morgan fingerprint density at radius 1 is 1.38 bits per heavy atom. The van der Waals surface area contributed by atoms with Gasteiger partial charge in [0.05, 0.1) is 6.54 Å². The van der Waals surface area contributed by atoms with Gasteiger partial charge in [-0.15, -0.1) is 0 Å². The van der Waals surface area contributed by atoms with Crippen molar-refractivity contribution in [2.75, 3.05) is 5.73 Å². The summed E-state index contributed by atoms with van der Waals surface area (Å²) in [6, 6.07) is 3.69. The number of nitrogen functional groups attached to an aromatic ring is 1. The van der Waals surface area contributed by atoms with Gasteiger partial charge in [0, 0.05) is 6.20 Å². The quantitative estimate of drug-likeness (QED) is 0.712. The van der Waals surface area contributed by atoms with Crippen molar-refractivity contribution in [3.8, 4) is 0 Å². The third-order valence-corrected chi connectivity index (χ3v) is 1.66. The molecular formula is C8H9N5. The SMILES string of the molecule is Nc1ccc(Cn2cncn2)cn1. The minimum absolute atomic E-state index is 0.530. The van der Waals surface area contributed by atoms with E-state index in [2.05, 4.69) is 15.1 Å². The molecule has 2 aromatic rings. The van der Waals surface area contributed by atoms with E-state index in [1.165, 1.54) is 6.33 Å². The summed E-state index contributed by atoms with van der Waals surface area (Å²) in [5, 5.41) is 3.98. The number of nitrogens with two attached hydrogens (primary N) is 1. The molecule has 5 heteroatoms. The number of rotatable bonds is 2. The van der Waals surface area contributed by atoms with Gasteiger partial charge in [-0.3, -0.25) is 0 Å². The summed E-state index contributed by atoms with van der Waals surface area (Å²) in [7, 11) is 0. The van der Waals surface area contributed by atoms with E-state index >= 15 is 0 Å². The second-order valence-electron chi connectivity index (χ2n) is 2.68. The Hall–Kier alpha value is -1.91. The molecule has 0 aliphatic heterocycles. The van der Waals surface area contributed by atoms with E-state index in [9.17, 15) is 0 Å². The summed E-state index contributed by atoms with van der Waals surface area (Å²) in [5.41, 5.74) is 6.51. The molecule has 13 heavy (non-hydrogen) atoms. The highest BCUT2D eigenvalue weighted by molar-refractivity contribution is 5.29. The lowest BCUT2D eigenvalue weighted by molar-refractivity contribution is 0.683. The predicted octanol–water partition coefficient (Wildman–Crippen LogP) is 0.304. The van der Waals surface area contributed by atoms with Gasteiger partial charge in [0.25, 0.3) is 0 Å².